The van der Waals surface area contributed by atoms with Crippen LogP contribution in [-0.4, -0.2) is 61.4 Å². The van der Waals surface area contributed by atoms with E-state index in [1.165, 1.54) is 17.0 Å². The molecule has 0 spiro atoms. The maximum atomic E-state index is 12.8. The van der Waals surface area contributed by atoms with E-state index >= 15 is 0 Å². The Morgan fingerprint density at radius 2 is 1.76 bits per heavy atom. The van der Waals surface area contributed by atoms with Gasteiger partial charge < -0.3 is 14.7 Å². The van der Waals surface area contributed by atoms with Crippen molar-refractivity contribution in [2.24, 2.45) is 5.92 Å². The second-order valence-corrected chi connectivity index (χ2v) is 8.68. The maximum absolute atomic E-state index is 12.8. The second-order valence-electron chi connectivity index (χ2n) is 6.45. The van der Waals surface area contributed by atoms with Crippen molar-refractivity contribution in [2.75, 3.05) is 19.8 Å². The molecule has 3 rings (SSSR count). The predicted molar refractivity (Wildman–Crippen MR) is 88.7 cm³/mol. The molecule has 1 amide bonds. The molecule has 2 saturated heterocycles. The van der Waals surface area contributed by atoms with Gasteiger partial charge in [0, 0.05) is 25.7 Å². The van der Waals surface area contributed by atoms with Gasteiger partial charge in [0.05, 0.1) is 10.1 Å². The van der Waals surface area contributed by atoms with Crippen LogP contribution in [0.2, 0.25) is 0 Å². The first-order valence-corrected chi connectivity index (χ1v) is 9.86. The van der Waals surface area contributed by atoms with E-state index in [0.717, 1.165) is 0 Å². The van der Waals surface area contributed by atoms with Crippen LogP contribution in [0, 0.1) is 5.92 Å². The van der Waals surface area contributed by atoms with Crippen LogP contribution in [0.1, 0.15) is 19.3 Å². The van der Waals surface area contributed by atoms with Crippen LogP contribution in [0.15, 0.2) is 35.2 Å². The minimum Gasteiger partial charge on any atom is -0.480 e. The van der Waals surface area contributed by atoms with Gasteiger partial charge >= 0.3 is 5.97 Å². The molecule has 2 heterocycles. The van der Waals surface area contributed by atoms with Gasteiger partial charge in [-0.15, -0.1) is 0 Å². The molecule has 7 nitrogen and oxygen atoms in total. The number of nitrogens with zero attached hydrogens (tertiary/aromatic N) is 1. The van der Waals surface area contributed by atoms with Crippen LogP contribution in [0.25, 0.3) is 0 Å². The second kappa shape index (κ2) is 7.13. The number of carboxylic acid groups (broad SMARTS) is 1. The Morgan fingerprint density at radius 3 is 2.36 bits per heavy atom. The molecule has 0 bridgehead atoms. The molecule has 2 fully saturated rings. The normalized spacial score (nSPS) is 25.0. The van der Waals surface area contributed by atoms with Crippen molar-refractivity contribution in [3.05, 3.63) is 30.3 Å². The van der Waals surface area contributed by atoms with Gasteiger partial charge in [-0.25, -0.2) is 13.2 Å². The van der Waals surface area contributed by atoms with Crippen molar-refractivity contribution in [3.63, 3.8) is 0 Å². The molecule has 136 valence electrons. The van der Waals surface area contributed by atoms with Crippen LogP contribution < -0.4 is 0 Å². The van der Waals surface area contributed by atoms with Crippen molar-refractivity contribution in [1.82, 2.24) is 4.90 Å². The standard InChI is InChI=1S/C17H21NO6S/c19-16(12-6-8-24-9-7-12)18-11-14(10-15(18)17(20)21)25(22,23)13-4-2-1-3-5-13/h1-5,12,14-15H,6-11H2,(H,20,21)/t14-,15+/m1/s1. The minimum atomic E-state index is -3.68. The predicted octanol–water partition coefficient (Wildman–Crippen LogP) is 0.941. The molecular formula is C17H21NO6S. The third-order valence-electron chi connectivity index (χ3n) is 4.91. The van der Waals surface area contributed by atoms with Gasteiger partial charge in [-0.05, 0) is 31.4 Å². The third kappa shape index (κ3) is 3.55. The summed E-state index contributed by atoms with van der Waals surface area (Å²) in [6.45, 7) is 0.853. The van der Waals surface area contributed by atoms with Crippen molar-refractivity contribution in [1.29, 1.82) is 0 Å². The summed E-state index contributed by atoms with van der Waals surface area (Å²) in [7, 11) is -3.68. The summed E-state index contributed by atoms with van der Waals surface area (Å²) in [5, 5.41) is 8.57. The Hall–Kier alpha value is -1.93. The number of carbonyl (C=O) groups is 2. The molecule has 0 aliphatic carbocycles. The topological polar surface area (TPSA) is 101 Å². The summed E-state index contributed by atoms with van der Waals surface area (Å²) < 4.78 is 30.8. The Balaban J connectivity index is 1.83. The number of aliphatic carboxylic acids is 1. The quantitative estimate of drug-likeness (QED) is 0.850. The van der Waals surface area contributed by atoms with E-state index in [1.807, 2.05) is 0 Å². The fraction of sp³-hybridized carbons (Fsp3) is 0.529. The zero-order valence-corrected chi connectivity index (χ0v) is 14.5. The van der Waals surface area contributed by atoms with E-state index in [2.05, 4.69) is 0 Å². The van der Waals surface area contributed by atoms with Crippen LogP contribution in [0.4, 0.5) is 0 Å². The zero-order valence-electron chi connectivity index (χ0n) is 13.7. The molecule has 25 heavy (non-hydrogen) atoms. The van der Waals surface area contributed by atoms with Crippen LogP contribution in [0.5, 0.6) is 0 Å². The van der Waals surface area contributed by atoms with E-state index < -0.39 is 27.1 Å². The van der Waals surface area contributed by atoms with Gasteiger partial charge in [-0.2, -0.15) is 0 Å². The molecule has 0 radical (unpaired) electrons. The van der Waals surface area contributed by atoms with E-state index in [0.29, 0.717) is 26.1 Å². The van der Waals surface area contributed by atoms with Crippen molar-refractivity contribution in [3.8, 4) is 0 Å². The maximum Gasteiger partial charge on any atom is 0.326 e. The molecule has 2 atom stereocenters. The highest BCUT2D eigenvalue weighted by Gasteiger charge is 2.46. The largest absolute Gasteiger partial charge is 0.480 e. The number of ether oxygens (including phenoxy) is 1. The lowest BCUT2D eigenvalue weighted by Gasteiger charge is -2.28. The number of benzene rings is 1. The van der Waals surface area contributed by atoms with E-state index in [-0.39, 0.29) is 29.7 Å². The zero-order chi connectivity index (χ0) is 18.0. The number of hydrogen-bond acceptors (Lipinski definition) is 5. The first kappa shape index (κ1) is 17.9. The van der Waals surface area contributed by atoms with Crippen molar-refractivity contribution < 1.29 is 27.9 Å². The highest BCUT2D eigenvalue weighted by molar-refractivity contribution is 7.92. The van der Waals surface area contributed by atoms with E-state index in [9.17, 15) is 23.1 Å². The Labute approximate surface area is 146 Å². The monoisotopic (exact) mass is 367 g/mol. The lowest BCUT2D eigenvalue weighted by molar-refractivity contribution is -0.151. The fourth-order valence-corrected chi connectivity index (χ4v) is 5.20. The molecule has 0 saturated carbocycles. The lowest BCUT2D eigenvalue weighted by Crippen LogP contribution is -2.45. The Kier molecular flexibility index (Phi) is 5.10. The highest BCUT2D eigenvalue weighted by atomic mass is 32.2. The Morgan fingerprint density at radius 1 is 1.12 bits per heavy atom. The summed E-state index contributed by atoms with van der Waals surface area (Å²) in [6.07, 6.45) is 0.997. The molecule has 1 aromatic rings. The van der Waals surface area contributed by atoms with Gasteiger partial charge in [0.2, 0.25) is 5.91 Å². The van der Waals surface area contributed by atoms with Gasteiger partial charge in [0.15, 0.2) is 9.84 Å². The number of hydrogen-bond donors (Lipinski definition) is 1. The summed E-state index contributed by atoms with van der Waals surface area (Å²) in [5.74, 6) is -1.73. The SMILES string of the molecule is O=C(O)[C@@H]1C[C@@H](S(=O)(=O)c2ccccc2)CN1C(=O)C1CCOCC1. The van der Waals surface area contributed by atoms with Crippen LogP contribution in [0.3, 0.4) is 0 Å². The van der Waals surface area contributed by atoms with Gasteiger partial charge in [-0.1, -0.05) is 18.2 Å². The molecule has 2 aliphatic rings. The first-order valence-electron chi connectivity index (χ1n) is 8.31. The number of carboxylic acids is 1. The molecule has 2 aliphatic heterocycles. The van der Waals surface area contributed by atoms with Crippen LogP contribution >= 0.6 is 0 Å². The fourth-order valence-electron chi connectivity index (χ4n) is 3.48. The molecule has 1 aromatic carbocycles. The summed E-state index contributed by atoms with van der Waals surface area (Å²) in [6, 6.07) is 6.86. The average Bonchev–Trinajstić information content (AvgIpc) is 3.09. The Bertz CT molecular complexity index is 742. The molecule has 8 heteroatoms. The average molecular weight is 367 g/mol. The van der Waals surface area contributed by atoms with Gasteiger partial charge in [-0.3, -0.25) is 4.79 Å². The minimum absolute atomic E-state index is 0.0790. The van der Waals surface area contributed by atoms with E-state index in [1.54, 1.807) is 18.2 Å². The van der Waals surface area contributed by atoms with Crippen molar-refractivity contribution in [2.45, 2.75) is 35.4 Å². The van der Waals surface area contributed by atoms with Crippen molar-refractivity contribution >= 4 is 21.7 Å². The number of carbonyl (C=O) groups excluding carboxylic acids is 1. The highest BCUT2D eigenvalue weighted by Crippen LogP contribution is 2.30. The van der Waals surface area contributed by atoms with Gasteiger partial charge in [0.25, 0.3) is 0 Å². The third-order valence-corrected chi connectivity index (χ3v) is 7.06. The number of amides is 1. The summed E-state index contributed by atoms with van der Waals surface area (Å²) in [4.78, 5) is 25.7. The van der Waals surface area contributed by atoms with Crippen LogP contribution in [-0.2, 0) is 24.2 Å². The molecule has 1 N–H and O–H groups in total. The molecular weight excluding hydrogens is 346 g/mol. The molecule has 0 unspecified atom stereocenters. The lowest BCUT2D eigenvalue weighted by atomic mass is 9.98. The summed E-state index contributed by atoms with van der Waals surface area (Å²) >= 11 is 0. The first-order chi connectivity index (χ1) is 11.9. The molecule has 0 aromatic heterocycles. The number of sulfone groups is 1. The number of likely N-dealkylation sites (tertiary alicyclic amines) is 1. The van der Waals surface area contributed by atoms with E-state index in [4.69, 9.17) is 4.74 Å². The summed E-state index contributed by atoms with van der Waals surface area (Å²) in [5.41, 5.74) is 0. The number of rotatable bonds is 4. The smallest absolute Gasteiger partial charge is 0.326 e. The van der Waals surface area contributed by atoms with Gasteiger partial charge in [0.1, 0.15) is 6.04 Å².